The number of nitrogens with zero attached hydrogens (tertiary/aromatic N) is 1. The zero-order chi connectivity index (χ0) is 35.9. The maximum absolute atomic E-state index is 13.0. The van der Waals surface area contributed by atoms with E-state index in [-0.39, 0.29) is 36.3 Å². The molecule has 12 heteroatoms. The Kier molecular flexibility index (Phi) is 12.9. The fourth-order valence-electron chi connectivity index (χ4n) is 7.49. The van der Waals surface area contributed by atoms with Gasteiger partial charge in [-0.05, 0) is 68.2 Å². The normalized spacial score (nSPS) is 25.5. The number of rotatable bonds is 6. The van der Waals surface area contributed by atoms with Crippen LogP contribution in [0.3, 0.4) is 0 Å². The molecular formula is C39H52N4O6S2. The highest BCUT2D eigenvalue weighted by Crippen LogP contribution is 2.45. The van der Waals surface area contributed by atoms with Crippen LogP contribution in [0.1, 0.15) is 67.3 Å². The molecule has 0 spiro atoms. The van der Waals surface area contributed by atoms with Crippen LogP contribution in [-0.4, -0.2) is 85.7 Å². The fraction of sp³-hybridized carbons (Fsp3) is 0.590. The molecule has 2 aromatic carbocycles. The Bertz CT molecular complexity index is 1660. The van der Waals surface area contributed by atoms with Gasteiger partial charge in [-0.2, -0.15) is 0 Å². The van der Waals surface area contributed by atoms with Gasteiger partial charge in [-0.25, -0.2) is 0 Å². The largest absolute Gasteiger partial charge is 0.504 e. The van der Waals surface area contributed by atoms with Crippen molar-refractivity contribution in [2.45, 2.75) is 83.4 Å². The number of ether oxygens (including phenoxy) is 3. The third-order valence-electron chi connectivity index (χ3n) is 10.5. The van der Waals surface area contributed by atoms with Gasteiger partial charge in [0, 0.05) is 66.4 Å². The second-order valence-electron chi connectivity index (χ2n) is 14.3. The zero-order valence-electron chi connectivity index (χ0n) is 30.2. The number of ketones is 1. The fourth-order valence-corrected chi connectivity index (χ4v) is 10.4. The minimum absolute atomic E-state index is 0.00213. The lowest BCUT2D eigenvalue weighted by Crippen LogP contribution is -2.56. The maximum Gasteiger partial charge on any atom is 0.191 e. The van der Waals surface area contributed by atoms with Gasteiger partial charge in [-0.15, -0.1) is 0 Å². The summed E-state index contributed by atoms with van der Waals surface area (Å²) in [4.78, 5) is 17.8. The number of hydrogen-bond acceptors (Lipinski definition) is 12. The number of carbonyl (C=O) groups excluding carboxylic acids is 1. The molecule has 1 fully saturated rings. The van der Waals surface area contributed by atoms with E-state index in [1.54, 1.807) is 12.1 Å². The van der Waals surface area contributed by atoms with E-state index >= 15 is 0 Å². The van der Waals surface area contributed by atoms with Gasteiger partial charge >= 0.3 is 0 Å². The number of hydrogen-bond donors (Lipinski definition) is 5. The maximum atomic E-state index is 13.0. The summed E-state index contributed by atoms with van der Waals surface area (Å²) in [5.74, 6) is 12.4. The second kappa shape index (κ2) is 17.5. The van der Waals surface area contributed by atoms with E-state index in [0.29, 0.717) is 74.0 Å². The van der Waals surface area contributed by atoms with Crippen LogP contribution in [-0.2, 0) is 30.5 Å². The number of guanidine groups is 1. The first-order valence-electron chi connectivity index (χ1n) is 18.2. The molecule has 0 amide bonds. The van der Waals surface area contributed by atoms with E-state index in [2.05, 4.69) is 47.7 Å². The third kappa shape index (κ3) is 9.05. The molecule has 0 aromatic heterocycles. The number of benzene rings is 2. The number of Topliss-reactive ketones (excluding diaryl/α,β-unsaturated/α-hetero) is 1. The quantitative estimate of drug-likeness (QED) is 0.161. The standard InChI is InChI=1S/C39H52N4O6S2/c1-23(2)34-21-51-50-20-32(33-14-15-41-39(42-33)43-34)27-17-31-25-9-12-29(45)18-28(44)11-8-24-10-13-35(46)37(47-4)30(24)7-5-6-26(16-25)36(49-22-40-3)38(31)48-19-27/h10,13,16,23,27,29,32-34,40,45-46H,6,8-9,11-12,14-15,17-22H2,1-4H3,(H2,41,42,43). The Balaban J connectivity index is 1.36. The summed E-state index contributed by atoms with van der Waals surface area (Å²) in [6.07, 6.45) is 3.29. The van der Waals surface area contributed by atoms with Crippen molar-refractivity contribution in [3.8, 4) is 34.8 Å². The molecule has 10 nitrogen and oxygen atoms in total. The molecule has 1 saturated heterocycles. The molecule has 5 unspecified atom stereocenters. The summed E-state index contributed by atoms with van der Waals surface area (Å²) in [6.45, 7) is 6.19. The lowest BCUT2D eigenvalue weighted by Gasteiger charge is -2.40. The minimum Gasteiger partial charge on any atom is -0.504 e. The first-order chi connectivity index (χ1) is 24.7. The Labute approximate surface area is 310 Å². The zero-order valence-corrected chi connectivity index (χ0v) is 31.8. The van der Waals surface area contributed by atoms with Crippen molar-refractivity contribution in [1.29, 1.82) is 0 Å². The average Bonchev–Trinajstić information content (AvgIpc) is 3.12. The van der Waals surface area contributed by atoms with Crippen LogP contribution in [0.4, 0.5) is 0 Å². The molecule has 1 aliphatic carbocycles. The van der Waals surface area contributed by atoms with E-state index < -0.39 is 6.10 Å². The highest BCUT2D eigenvalue weighted by atomic mass is 33.1. The van der Waals surface area contributed by atoms with Crippen LogP contribution in [0.5, 0.6) is 23.0 Å². The first kappa shape index (κ1) is 37.5. The number of carbonyl (C=O) groups is 1. The smallest absolute Gasteiger partial charge is 0.191 e. The molecular weight excluding hydrogens is 685 g/mol. The lowest BCUT2D eigenvalue weighted by atomic mass is 9.78. The lowest BCUT2D eigenvalue weighted by molar-refractivity contribution is -0.121. The topological polar surface area (TPSA) is 134 Å². The number of phenolic OH excluding ortho intramolecular Hbond substituents is 1. The number of aliphatic hydroxyl groups is 1. The SMILES string of the molecule is CNCOc1c2cc(c3c1OCC(C1CSSCC(C(C)C)NC4=NCCC1N4)C3)CCC(O)CC(=O)CCc1ccc(O)c(OC)c1C#CC2. The molecule has 6 rings (SSSR count). The summed E-state index contributed by atoms with van der Waals surface area (Å²) in [6, 6.07) is 6.16. The Morgan fingerprint density at radius 3 is 2.73 bits per heavy atom. The molecule has 3 aliphatic heterocycles. The number of aromatic hydroxyl groups is 1. The van der Waals surface area contributed by atoms with E-state index in [4.69, 9.17) is 19.2 Å². The number of nitrogens with one attached hydrogen (secondary N) is 3. The first-order valence-corrected chi connectivity index (χ1v) is 20.7. The van der Waals surface area contributed by atoms with Crippen molar-refractivity contribution >= 4 is 33.3 Å². The molecule has 2 aromatic rings. The van der Waals surface area contributed by atoms with Gasteiger partial charge in [0.25, 0.3) is 0 Å². The summed E-state index contributed by atoms with van der Waals surface area (Å²) in [5, 5.41) is 32.2. The predicted octanol–water partition coefficient (Wildman–Crippen LogP) is 4.64. The Hall–Kier alpha value is -3.24. The summed E-state index contributed by atoms with van der Waals surface area (Å²) >= 11 is 0. The molecule has 0 radical (unpaired) electrons. The van der Waals surface area contributed by atoms with Crippen molar-refractivity contribution in [2.75, 3.05) is 45.5 Å². The van der Waals surface area contributed by atoms with Gasteiger partial charge in [-0.3, -0.25) is 15.1 Å². The van der Waals surface area contributed by atoms with Crippen LogP contribution in [0.25, 0.3) is 0 Å². The highest BCUT2D eigenvalue weighted by Gasteiger charge is 2.38. The highest BCUT2D eigenvalue weighted by molar-refractivity contribution is 8.76. The average molecular weight is 737 g/mol. The van der Waals surface area contributed by atoms with Gasteiger partial charge in [-0.1, -0.05) is 59.4 Å². The molecule has 4 aliphatic rings. The van der Waals surface area contributed by atoms with Crippen LogP contribution in [0.2, 0.25) is 0 Å². The van der Waals surface area contributed by atoms with Crippen LogP contribution >= 0.6 is 21.6 Å². The van der Waals surface area contributed by atoms with Crippen molar-refractivity contribution in [3.05, 3.63) is 46.0 Å². The van der Waals surface area contributed by atoms with Crippen LogP contribution in [0.15, 0.2) is 23.2 Å². The minimum atomic E-state index is -0.759. The summed E-state index contributed by atoms with van der Waals surface area (Å²) in [7, 11) is 7.25. The Morgan fingerprint density at radius 2 is 1.92 bits per heavy atom. The van der Waals surface area contributed by atoms with Gasteiger partial charge in [0.2, 0.25) is 0 Å². The predicted molar refractivity (Wildman–Crippen MR) is 205 cm³/mol. The van der Waals surface area contributed by atoms with Crippen molar-refractivity contribution < 1.29 is 29.2 Å². The van der Waals surface area contributed by atoms with Gasteiger partial charge in [0.05, 0.1) is 25.4 Å². The van der Waals surface area contributed by atoms with Crippen molar-refractivity contribution in [3.63, 3.8) is 0 Å². The van der Waals surface area contributed by atoms with Gasteiger partial charge in [0.15, 0.2) is 29.0 Å². The number of aliphatic imine (C=N–C) groups is 1. The third-order valence-corrected chi connectivity index (χ3v) is 13.0. The number of phenols is 1. The molecule has 3 heterocycles. The van der Waals surface area contributed by atoms with Crippen LogP contribution in [0, 0.1) is 29.6 Å². The van der Waals surface area contributed by atoms with E-state index in [1.165, 1.54) is 7.11 Å². The number of aliphatic hydroxyl groups excluding tert-OH is 1. The van der Waals surface area contributed by atoms with Gasteiger partial charge < -0.3 is 35.1 Å². The monoisotopic (exact) mass is 736 g/mol. The Morgan fingerprint density at radius 1 is 1.08 bits per heavy atom. The second-order valence-corrected chi connectivity index (χ2v) is 16.9. The number of methoxy groups -OCH3 is 1. The molecule has 4 bridgehead atoms. The number of fused-ring (bicyclic) bond motifs is 7. The summed E-state index contributed by atoms with van der Waals surface area (Å²) < 4.78 is 18.7. The molecule has 276 valence electrons. The van der Waals surface area contributed by atoms with Crippen molar-refractivity contribution in [2.24, 2.45) is 22.7 Å². The van der Waals surface area contributed by atoms with Crippen molar-refractivity contribution in [1.82, 2.24) is 16.0 Å². The van der Waals surface area contributed by atoms with E-state index in [9.17, 15) is 15.0 Å². The van der Waals surface area contributed by atoms with E-state index in [1.807, 2.05) is 28.6 Å². The molecule has 51 heavy (non-hydrogen) atoms. The number of aryl methyl sites for hydroxylation is 2. The van der Waals surface area contributed by atoms with Gasteiger partial charge in [0.1, 0.15) is 12.5 Å². The molecule has 5 N–H and O–H groups in total. The molecule has 5 atom stereocenters. The summed E-state index contributed by atoms with van der Waals surface area (Å²) in [5.41, 5.74) is 4.50. The molecule has 0 saturated carbocycles. The van der Waals surface area contributed by atoms with Crippen LogP contribution < -0.4 is 30.2 Å². The van der Waals surface area contributed by atoms with E-state index in [0.717, 1.165) is 64.9 Å².